The van der Waals surface area contributed by atoms with E-state index in [0.29, 0.717) is 6.61 Å². The Morgan fingerprint density at radius 1 is 1.35 bits per heavy atom. The van der Waals surface area contributed by atoms with Crippen LogP contribution in [0, 0.1) is 5.92 Å². The van der Waals surface area contributed by atoms with E-state index >= 15 is 0 Å². The summed E-state index contributed by atoms with van der Waals surface area (Å²) in [5.74, 6) is -3.99. The molecule has 0 aromatic heterocycles. The van der Waals surface area contributed by atoms with Crippen LogP contribution in [-0.2, 0) is 19.1 Å². The summed E-state index contributed by atoms with van der Waals surface area (Å²) in [6.45, 7) is 9.93. The molecule has 17 heavy (non-hydrogen) atoms. The minimum atomic E-state index is -1.32. The number of carbonyl (C=O) groups excluding carboxylic acids is 1. The van der Waals surface area contributed by atoms with Gasteiger partial charge in [0.15, 0.2) is 0 Å². The molecule has 0 saturated heterocycles. The third kappa shape index (κ3) is 8.86. The Labute approximate surface area is 99.2 Å². The first-order valence-electron chi connectivity index (χ1n) is 4.68. The highest BCUT2D eigenvalue weighted by Gasteiger charge is 2.21. The van der Waals surface area contributed by atoms with Crippen LogP contribution in [0.15, 0.2) is 24.8 Å². The maximum Gasteiger partial charge on any atom is 0.332 e. The van der Waals surface area contributed by atoms with Crippen molar-refractivity contribution in [1.29, 1.82) is 0 Å². The summed E-state index contributed by atoms with van der Waals surface area (Å²) in [4.78, 5) is 30.3. The van der Waals surface area contributed by atoms with Crippen LogP contribution in [-0.4, -0.2) is 34.7 Å². The van der Waals surface area contributed by atoms with Crippen molar-refractivity contribution >= 4 is 17.9 Å². The smallest absolute Gasteiger partial charge is 0.332 e. The Morgan fingerprint density at radius 2 is 1.82 bits per heavy atom. The minimum absolute atomic E-state index is 0.211. The van der Waals surface area contributed by atoms with Gasteiger partial charge < -0.3 is 14.9 Å². The summed E-state index contributed by atoms with van der Waals surface area (Å²) in [7, 11) is 0. The van der Waals surface area contributed by atoms with E-state index in [2.05, 4.69) is 17.9 Å². The molecule has 0 radical (unpaired) electrons. The molecule has 0 aromatic carbocycles. The average molecular weight is 244 g/mol. The number of carbonyl (C=O) groups is 3. The third-order valence-electron chi connectivity index (χ3n) is 1.50. The standard InChI is InChI=1S/C7H8O4.C4H8O2/c1-3-5(7(10)11)4(2)6(8)9;1-3-6-4(2)5/h3,5H,1-2H2,(H,8,9)(H,10,11);3H2,1-2H3. The second kappa shape index (κ2) is 9.14. The van der Waals surface area contributed by atoms with Crippen molar-refractivity contribution in [3.63, 3.8) is 0 Å². The lowest BCUT2D eigenvalue weighted by atomic mass is 10.0. The van der Waals surface area contributed by atoms with Crippen LogP contribution in [0.4, 0.5) is 0 Å². The number of rotatable bonds is 5. The van der Waals surface area contributed by atoms with Crippen molar-refractivity contribution in [2.45, 2.75) is 13.8 Å². The molecule has 0 aliphatic carbocycles. The molecule has 0 heterocycles. The van der Waals surface area contributed by atoms with E-state index in [9.17, 15) is 14.4 Å². The monoisotopic (exact) mass is 244 g/mol. The quantitative estimate of drug-likeness (QED) is 0.426. The maximum atomic E-state index is 10.3. The highest BCUT2D eigenvalue weighted by molar-refractivity contribution is 5.94. The lowest BCUT2D eigenvalue weighted by molar-refractivity contribution is -0.142. The van der Waals surface area contributed by atoms with Crippen LogP contribution in [0.2, 0.25) is 0 Å². The number of carboxylic acid groups (broad SMARTS) is 2. The fourth-order valence-electron chi connectivity index (χ4n) is 0.728. The van der Waals surface area contributed by atoms with Crippen molar-refractivity contribution in [2.24, 2.45) is 5.92 Å². The molecule has 1 atom stereocenters. The Hall–Kier alpha value is -2.11. The fraction of sp³-hybridized carbons (Fsp3) is 0.364. The van der Waals surface area contributed by atoms with E-state index in [1.165, 1.54) is 6.92 Å². The van der Waals surface area contributed by atoms with Gasteiger partial charge in [0.05, 0.1) is 6.61 Å². The van der Waals surface area contributed by atoms with Gasteiger partial charge >= 0.3 is 17.9 Å². The Bertz CT molecular complexity index is 318. The topological polar surface area (TPSA) is 101 Å². The van der Waals surface area contributed by atoms with Crippen LogP contribution in [0.25, 0.3) is 0 Å². The van der Waals surface area contributed by atoms with E-state index in [1.54, 1.807) is 6.92 Å². The number of esters is 1. The first-order valence-corrected chi connectivity index (χ1v) is 4.68. The van der Waals surface area contributed by atoms with Gasteiger partial charge in [-0.15, -0.1) is 6.58 Å². The molecule has 0 fully saturated rings. The molecule has 2 N–H and O–H groups in total. The molecule has 0 aromatic rings. The zero-order valence-corrected chi connectivity index (χ0v) is 9.80. The molecule has 0 spiro atoms. The summed E-state index contributed by atoms with van der Waals surface area (Å²) >= 11 is 0. The Balaban J connectivity index is 0. The second-order valence-corrected chi connectivity index (χ2v) is 2.81. The van der Waals surface area contributed by atoms with Crippen LogP contribution in [0.5, 0.6) is 0 Å². The van der Waals surface area contributed by atoms with Gasteiger partial charge in [0.25, 0.3) is 0 Å². The van der Waals surface area contributed by atoms with Gasteiger partial charge in [0.1, 0.15) is 5.92 Å². The predicted molar refractivity (Wildman–Crippen MR) is 60.4 cm³/mol. The van der Waals surface area contributed by atoms with Crippen LogP contribution in [0.3, 0.4) is 0 Å². The normalized spacial score (nSPS) is 10.2. The molecular formula is C11H16O6. The van der Waals surface area contributed by atoms with Gasteiger partial charge in [-0.1, -0.05) is 12.7 Å². The number of hydrogen-bond donors (Lipinski definition) is 2. The van der Waals surface area contributed by atoms with Crippen LogP contribution >= 0.6 is 0 Å². The molecule has 96 valence electrons. The van der Waals surface area contributed by atoms with Gasteiger partial charge in [-0.25, -0.2) is 4.79 Å². The highest BCUT2D eigenvalue weighted by Crippen LogP contribution is 2.09. The zero-order chi connectivity index (χ0) is 14.0. The van der Waals surface area contributed by atoms with Gasteiger partial charge in [-0.05, 0) is 6.92 Å². The van der Waals surface area contributed by atoms with Gasteiger partial charge in [-0.2, -0.15) is 0 Å². The predicted octanol–water partition coefficient (Wildman–Crippen LogP) is 1.08. The van der Waals surface area contributed by atoms with Gasteiger partial charge in [-0.3, -0.25) is 9.59 Å². The molecule has 0 rings (SSSR count). The molecule has 0 bridgehead atoms. The summed E-state index contributed by atoms with van der Waals surface area (Å²) in [6, 6.07) is 0. The lowest BCUT2D eigenvalue weighted by Crippen LogP contribution is -2.18. The molecule has 0 amide bonds. The number of hydrogen-bond acceptors (Lipinski definition) is 4. The lowest BCUT2D eigenvalue weighted by Gasteiger charge is -2.04. The fourth-order valence-corrected chi connectivity index (χ4v) is 0.728. The highest BCUT2D eigenvalue weighted by atomic mass is 16.5. The van der Waals surface area contributed by atoms with Crippen molar-refractivity contribution < 1.29 is 29.3 Å². The largest absolute Gasteiger partial charge is 0.481 e. The van der Waals surface area contributed by atoms with Crippen molar-refractivity contribution in [3.8, 4) is 0 Å². The average Bonchev–Trinajstić information content (AvgIpc) is 2.18. The molecule has 0 aliphatic rings. The first-order chi connectivity index (χ1) is 7.77. The molecule has 6 nitrogen and oxygen atoms in total. The van der Waals surface area contributed by atoms with Crippen molar-refractivity contribution in [3.05, 3.63) is 24.8 Å². The molecule has 0 saturated carbocycles. The van der Waals surface area contributed by atoms with Crippen LogP contribution in [0.1, 0.15) is 13.8 Å². The summed E-state index contributed by atoms with van der Waals surface area (Å²) in [5.41, 5.74) is -0.382. The molecule has 0 aliphatic heterocycles. The van der Waals surface area contributed by atoms with Gasteiger partial charge in [0.2, 0.25) is 0 Å². The Morgan fingerprint density at radius 3 is 1.88 bits per heavy atom. The Kier molecular flexibility index (Phi) is 9.30. The SMILES string of the molecule is C=CC(C(=C)C(=O)O)C(=O)O.CCOC(C)=O. The van der Waals surface area contributed by atoms with E-state index in [0.717, 1.165) is 6.08 Å². The van der Waals surface area contributed by atoms with Crippen molar-refractivity contribution in [2.75, 3.05) is 6.61 Å². The zero-order valence-electron chi connectivity index (χ0n) is 9.80. The van der Waals surface area contributed by atoms with E-state index in [4.69, 9.17) is 10.2 Å². The molecule has 1 unspecified atom stereocenters. The summed E-state index contributed by atoms with van der Waals surface area (Å²) in [6.07, 6.45) is 1.03. The molecular weight excluding hydrogens is 228 g/mol. The van der Waals surface area contributed by atoms with E-state index < -0.39 is 17.9 Å². The van der Waals surface area contributed by atoms with E-state index in [-0.39, 0.29) is 11.5 Å². The number of aliphatic carboxylic acids is 2. The maximum absolute atomic E-state index is 10.3. The second-order valence-electron chi connectivity index (χ2n) is 2.81. The van der Waals surface area contributed by atoms with Gasteiger partial charge in [0, 0.05) is 12.5 Å². The van der Waals surface area contributed by atoms with Crippen LogP contribution < -0.4 is 0 Å². The number of carboxylic acids is 2. The first kappa shape index (κ1) is 17.3. The van der Waals surface area contributed by atoms with Crippen molar-refractivity contribution in [1.82, 2.24) is 0 Å². The number of ether oxygens (including phenoxy) is 1. The summed E-state index contributed by atoms with van der Waals surface area (Å²) < 4.78 is 4.40. The minimum Gasteiger partial charge on any atom is -0.481 e. The molecule has 6 heteroatoms. The third-order valence-corrected chi connectivity index (χ3v) is 1.50. The summed E-state index contributed by atoms with van der Waals surface area (Å²) in [5, 5.41) is 16.7. The van der Waals surface area contributed by atoms with E-state index in [1.807, 2.05) is 0 Å².